The zero-order valence-corrected chi connectivity index (χ0v) is 16.7. The minimum atomic E-state index is -0.368. The average molecular weight is 378 g/mol. The smallest absolute Gasteiger partial charge is 0.338 e. The number of ether oxygens (including phenoxy) is 1. The number of fused-ring (bicyclic) bond motifs is 1. The molecule has 0 unspecified atom stereocenters. The predicted molar refractivity (Wildman–Crippen MR) is 112 cm³/mol. The van der Waals surface area contributed by atoms with E-state index in [0.717, 1.165) is 10.9 Å². The highest BCUT2D eigenvalue weighted by Crippen LogP contribution is 2.22. The van der Waals surface area contributed by atoms with Gasteiger partial charge in [0.05, 0.1) is 11.7 Å². The molecule has 0 spiro atoms. The lowest BCUT2D eigenvalue weighted by atomic mass is 10.0. The van der Waals surface area contributed by atoms with E-state index in [1.807, 2.05) is 16.8 Å². The Morgan fingerprint density at radius 3 is 2.36 bits per heavy atom. The Labute approximate surface area is 165 Å². The van der Waals surface area contributed by atoms with Gasteiger partial charge in [-0.25, -0.2) is 4.79 Å². The molecule has 0 saturated heterocycles. The van der Waals surface area contributed by atoms with Crippen LogP contribution >= 0.6 is 0 Å². The topological polar surface area (TPSA) is 60.3 Å². The fraction of sp³-hybridized carbons (Fsp3) is 0.304. The molecule has 1 N–H and O–H groups in total. The summed E-state index contributed by atoms with van der Waals surface area (Å²) < 4.78 is 7.10. The third-order valence-electron chi connectivity index (χ3n) is 4.52. The first-order valence-corrected chi connectivity index (χ1v) is 9.53. The maximum Gasteiger partial charge on any atom is 0.338 e. The van der Waals surface area contributed by atoms with Crippen molar-refractivity contribution in [1.29, 1.82) is 0 Å². The number of amides is 1. The molecule has 3 aromatic rings. The van der Waals surface area contributed by atoms with Crippen molar-refractivity contribution in [2.45, 2.75) is 46.3 Å². The molecule has 1 heterocycles. The summed E-state index contributed by atoms with van der Waals surface area (Å²) in [5, 5.41) is 4.00. The van der Waals surface area contributed by atoms with Crippen LogP contribution in [-0.4, -0.2) is 22.5 Å². The average Bonchev–Trinajstić information content (AvgIpc) is 3.03. The van der Waals surface area contributed by atoms with Gasteiger partial charge < -0.3 is 14.6 Å². The zero-order valence-electron chi connectivity index (χ0n) is 16.7. The monoisotopic (exact) mass is 378 g/mol. The first kappa shape index (κ1) is 19.7. The SMILES string of the molecule is CC(C)OC(=O)c1ccc(NC(=O)Cn2ccc3cc(C(C)C)ccc32)cc1. The molecule has 1 amide bonds. The molecule has 28 heavy (non-hydrogen) atoms. The van der Waals surface area contributed by atoms with Gasteiger partial charge >= 0.3 is 5.97 Å². The van der Waals surface area contributed by atoms with Crippen molar-refractivity contribution in [3.8, 4) is 0 Å². The van der Waals surface area contributed by atoms with E-state index in [-0.39, 0.29) is 24.5 Å². The lowest BCUT2D eigenvalue weighted by Gasteiger charge is -2.10. The van der Waals surface area contributed by atoms with Crippen LogP contribution in [0.15, 0.2) is 54.7 Å². The zero-order chi connectivity index (χ0) is 20.3. The summed E-state index contributed by atoms with van der Waals surface area (Å²) in [6.07, 6.45) is 1.76. The molecule has 0 aliphatic carbocycles. The number of nitrogens with zero attached hydrogens (tertiary/aromatic N) is 1. The number of anilines is 1. The van der Waals surface area contributed by atoms with Gasteiger partial charge in [0.2, 0.25) is 5.91 Å². The van der Waals surface area contributed by atoms with Crippen LogP contribution in [0.3, 0.4) is 0 Å². The largest absolute Gasteiger partial charge is 0.459 e. The Bertz CT molecular complexity index is 985. The third-order valence-corrected chi connectivity index (χ3v) is 4.52. The molecule has 0 aliphatic heterocycles. The molecule has 0 radical (unpaired) electrons. The maximum atomic E-state index is 12.4. The number of aromatic nitrogens is 1. The van der Waals surface area contributed by atoms with E-state index in [4.69, 9.17) is 4.74 Å². The van der Waals surface area contributed by atoms with E-state index < -0.39 is 0 Å². The summed E-state index contributed by atoms with van der Waals surface area (Å²) in [6, 6.07) is 15.1. The number of carbonyl (C=O) groups excluding carboxylic acids is 2. The van der Waals surface area contributed by atoms with E-state index in [9.17, 15) is 9.59 Å². The van der Waals surface area contributed by atoms with Crippen molar-refractivity contribution in [2.24, 2.45) is 0 Å². The van der Waals surface area contributed by atoms with E-state index >= 15 is 0 Å². The van der Waals surface area contributed by atoms with E-state index in [1.165, 1.54) is 5.56 Å². The van der Waals surface area contributed by atoms with Crippen LogP contribution in [0.2, 0.25) is 0 Å². The molecule has 2 aromatic carbocycles. The molecule has 5 heteroatoms. The summed E-state index contributed by atoms with van der Waals surface area (Å²) >= 11 is 0. The number of benzene rings is 2. The van der Waals surface area contributed by atoms with Gasteiger partial charge in [0.15, 0.2) is 0 Å². The van der Waals surface area contributed by atoms with Crippen molar-refractivity contribution in [2.75, 3.05) is 5.32 Å². The van der Waals surface area contributed by atoms with E-state index in [2.05, 4.69) is 37.4 Å². The van der Waals surface area contributed by atoms with Crippen LogP contribution in [-0.2, 0) is 16.1 Å². The highest BCUT2D eigenvalue weighted by molar-refractivity contribution is 5.94. The molecule has 0 saturated carbocycles. The van der Waals surface area contributed by atoms with Crippen LogP contribution < -0.4 is 5.32 Å². The lowest BCUT2D eigenvalue weighted by Crippen LogP contribution is -2.18. The maximum absolute atomic E-state index is 12.4. The van der Waals surface area contributed by atoms with Gasteiger partial charge in [-0.2, -0.15) is 0 Å². The second-order valence-corrected chi connectivity index (χ2v) is 7.50. The Kier molecular flexibility index (Phi) is 5.83. The van der Waals surface area contributed by atoms with Gasteiger partial charge in [-0.15, -0.1) is 0 Å². The predicted octanol–water partition coefficient (Wildman–Crippen LogP) is 4.97. The second-order valence-electron chi connectivity index (χ2n) is 7.50. The van der Waals surface area contributed by atoms with Crippen LogP contribution in [0.25, 0.3) is 10.9 Å². The molecular formula is C23H26N2O3. The Balaban J connectivity index is 1.66. The van der Waals surface area contributed by atoms with Gasteiger partial charge in [0, 0.05) is 17.4 Å². The normalized spacial score (nSPS) is 11.2. The van der Waals surface area contributed by atoms with E-state index in [0.29, 0.717) is 17.2 Å². The Hall–Kier alpha value is -3.08. The fourth-order valence-electron chi connectivity index (χ4n) is 3.04. The molecule has 0 atom stereocenters. The van der Waals surface area contributed by atoms with Gasteiger partial charge in [0.25, 0.3) is 0 Å². The second kappa shape index (κ2) is 8.30. The van der Waals surface area contributed by atoms with Gasteiger partial charge in [-0.3, -0.25) is 4.79 Å². The summed E-state index contributed by atoms with van der Waals surface area (Å²) in [4.78, 5) is 24.3. The molecule has 1 aromatic heterocycles. The highest BCUT2D eigenvalue weighted by Gasteiger charge is 2.11. The van der Waals surface area contributed by atoms with Crippen LogP contribution in [0.1, 0.15) is 49.5 Å². The van der Waals surface area contributed by atoms with Crippen LogP contribution in [0, 0.1) is 0 Å². The summed E-state index contributed by atoms with van der Waals surface area (Å²) in [6.45, 7) is 8.17. The standard InChI is InChI=1S/C23H26N2O3/c1-15(2)18-7-10-21-19(13-18)11-12-25(21)14-22(26)24-20-8-5-17(6-9-20)23(27)28-16(3)4/h5-13,15-16H,14H2,1-4H3,(H,24,26). The third kappa shape index (κ3) is 4.60. The quantitative estimate of drug-likeness (QED) is 0.616. The lowest BCUT2D eigenvalue weighted by molar-refractivity contribution is -0.116. The molecule has 0 bridgehead atoms. The number of rotatable bonds is 6. The van der Waals surface area contributed by atoms with Crippen molar-refractivity contribution in [1.82, 2.24) is 4.57 Å². The molecule has 5 nitrogen and oxygen atoms in total. The van der Waals surface area contributed by atoms with Crippen molar-refractivity contribution >= 4 is 28.5 Å². The minimum absolute atomic E-state index is 0.122. The Morgan fingerprint density at radius 2 is 1.71 bits per heavy atom. The number of hydrogen-bond acceptors (Lipinski definition) is 3. The van der Waals surface area contributed by atoms with Crippen molar-refractivity contribution in [3.05, 3.63) is 65.9 Å². The van der Waals surface area contributed by atoms with Crippen LogP contribution in [0.5, 0.6) is 0 Å². The first-order chi connectivity index (χ1) is 13.3. The number of nitrogens with one attached hydrogen (secondary N) is 1. The number of carbonyl (C=O) groups is 2. The summed E-state index contributed by atoms with van der Waals surface area (Å²) in [5.41, 5.74) is 3.42. The van der Waals surface area contributed by atoms with Crippen LogP contribution in [0.4, 0.5) is 5.69 Å². The molecule has 3 rings (SSSR count). The summed E-state index contributed by atoms with van der Waals surface area (Å²) in [5.74, 6) is -0.0211. The first-order valence-electron chi connectivity index (χ1n) is 9.53. The number of esters is 1. The molecular weight excluding hydrogens is 352 g/mol. The fourth-order valence-corrected chi connectivity index (χ4v) is 3.04. The molecule has 0 aliphatic rings. The highest BCUT2D eigenvalue weighted by atomic mass is 16.5. The summed E-state index contributed by atoms with van der Waals surface area (Å²) in [7, 11) is 0. The molecule has 0 fully saturated rings. The number of hydrogen-bond donors (Lipinski definition) is 1. The van der Waals surface area contributed by atoms with Gasteiger partial charge in [-0.1, -0.05) is 19.9 Å². The molecule has 146 valence electrons. The van der Waals surface area contributed by atoms with Gasteiger partial charge in [0.1, 0.15) is 6.54 Å². The van der Waals surface area contributed by atoms with Crippen molar-refractivity contribution in [3.63, 3.8) is 0 Å². The Morgan fingerprint density at radius 1 is 1.00 bits per heavy atom. The van der Waals surface area contributed by atoms with E-state index in [1.54, 1.807) is 38.1 Å². The minimum Gasteiger partial charge on any atom is -0.459 e. The van der Waals surface area contributed by atoms with Gasteiger partial charge in [-0.05, 0) is 73.2 Å². The van der Waals surface area contributed by atoms with Crippen molar-refractivity contribution < 1.29 is 14.3 Å².